The van der Waals surface area contributed by atoms with Crippen molar-refractivity contribution in [3.8, 4) is 5.95 Å². The topological polar surface area (TPSA) is 134 Å². The number of nitrogens with zero attached hydrogens (tertiary/aromatic N) is 6. The first kappa shape index (κ1) is 14.4. The number of nitrogens with one attached hydrogen (secondary N) is 1. The van der Waals surface area contributed by atoms with E-state index in [0.717, 1.165) is 0 Å². The third-order valence-corrected chi connectivity index (χ3v) is 2.97. The monoisotopic (exact) mass is 312 g/mol. The molecule has 10 heteroatoms. The molecule has 0 atom stereocenters. The molecule has 10 nitrogen and oxygen atoms in total. The van der Waals surface area contributed by atoms with Crippen molar-refractivity contribution in [1.82, 2.24) is 29.5 Å². The molecule has 0 aromatic carbocycles. The SMILES string of the molecule is Cn1cnc(-n2cccc(Nc3ccnnc3C(N)=O)c2=O)n1. The number of amides is 1. The predicted octanol–water partition coefficient (Wildman–Crippen LogP) is -0.402. The summed E-state index contributed by atoms with van der Waals surface area (Å²) >= 11 is 0. The quantitative estimate of drug-likeness (QED) is 0.669. The minimum atomic E-state index is -0.747. The Balaban J connectivity index is 2.03. The molecule has 3 rings (SSSR count). The highest BCUT2D eigenvalue weighted by Gasteiger charge is 2.13. The molecule has 3 aromatic rings. The molecule has 0 aliphatic rings. The molecule has 0 aliphatic carbocycles. The van der Waals surface area contributed by atoms with Gasteiger partial charge in [0, 0.05) is 13.2 Å². The summed E-state index contributed by atoms with van der Waals surface area (Å²) in [6.07, 6.45) is 4.42. The number of hydrogen-bond donors (Lipinski definition) is 2. The van der Waals surface area contributed by atoms with Gasteiger partial charge < -0.3 is 11.1 Å². The molecule has 0 saturated carbocycles. The molecule has 0 unspecified atom stereocenters. The van der Waals surface area contributed by atoms with E-state index >= 15 is 0 Å². The molecule has 3 N–H and O–H groups in total. The summed E-state index contributed by atoms with van der Waals surface area (Å²) in [5.74, 6) is -0.507. The maximum atomic E-state index is 12.5. The third kappa shape index (κ3) is 2.77. The molecule has 0 aliphatic heterocycles. The van der Waals surface area contributed by atoms with Gasteiger partial charge in [-0.1, -0.05) is 0 Å². The lowest BCUT2D eigenvalue weighted by Gasteiger charge is -2.09. The Bertz CT molecular complexity index is 929. The average Bonchev–Trinajstić information content (AvgIpc) is 2.96. The summed E-state index contributed by atoms with van der Waals surface area (Å²) < 4.78 is 2.76. The number of carbonyl (C=O) groups is 1. The summed E-state index contributed by atoms with van der Waals surface area (Å²) in [7, 11) is 1.70. The van der Waals surface area contributed by atoms with Crippen LogP contribution in [-0.2, 0) is 7.05 Å². The van der Waals surface area contributed by atoms with Crippen molar-refractivity contribution in [2.75, 3.05) is 5.32 Å². The van der Waals surface area contributed by atoms with Crippen molar-refractivity contribution < 1.29 is 4.79 Å². The number of pyridine rings is 1. The van der Waals surface area contributed by atoms with Crippen LogP contribution in [0.2, 0.25) is 0 Å². The van der Waals surface area contributed by atoms with E-state index < -0.39 is 5.91 Å². The molecule has 0 spiro atoms. The third-order valence-electron chi connectivity index (χ3n) is 2.97. The van der Waals surface area contributed by atoms with Gasteiger partial charge in [0.25, 0.3) is 17.4 Å². The number of hydrogen-bond acceptors (Lipinski definition) is 7. The van der Waals surface area contributed by atoms with Crippen LogP contribution in [-0.4, -0.2) is 35.4 Å². The van der Waals surface area contributed by atoms with Crippen LogP contribution in [0.4, 0.5) is 11.4 Å². The highest BCUT2D eigenvalue weighted by Crippen LogP contribution is 2.15. The van der Waals surface area contributed by atoms with Gasteiger partial charge >= 0.3 is 0 Å². The summed E-state index contributed by atoms with van der Waals surface area (Å²) in [6.45, 7) is 0. The van der Waals surface area contributed by atoms with Gasteiger partial charge in [-0.3, -0.25) is 14.3 Å². The molecule has 116 valence electrons. The summed E-state index contributed by atoms with van der Waals surface area (Å²) in [5.41, 5.74) is 5.31. The van der Waals surface area contributed by atoms with Crippen molar-refractivity contribution in [2.45, 2.75) is 0 Å². The summed E-state index contributed by atoms with van der Waals surface area (Å²) in [4.78, 5) is 27.9. The van der Waals surface area contributed by atoms with Crippen LogP contribution >= 0.6 is 0 Å². The first-order chi connectivity index (χ1) is 11.1. The van der Waals surface area contributed by atoms with E-state index in [2.05, 4.69) is 25.6 Å². The molecule has 23 heavy (non-hydrogen) atoms. The van der Waals surface area contributed by atoms with E-state index in [0.29, 0.717) is 0 Å². The van der Waals surface area contributed by atoms with Crippen molar-refractivity contribution >= 4 is 17.3 Å². The van der Waals surface area contributed by atoms with Gasteiger partial charge in [-0.15, -0.1) is 10.2 Å². The van der Waals surface area contributed by atoms with Crippen molar-refractivity contribution in [1.29, 1.82) is 0 Å². The van der Waals surface area contributed by atoms with Gasteiger partial charge in [0.2, 0.25) is 0 Å². The molecule has 0 fully saturated rings. The number of carbonyl (C=O) groups excluding carboxylic acids is 1. The van der Waals surface area contributed by atoms with E-state index in [1.807, 2.05) is 0 Å². The van der Waals surface area contributed by atoms with Gasteiger partial charge in [0.05, 0.1) is 11.9 Å². The van der Waals surface area contributed by atoms with Crippen molar-refractivity contribution in [3.63, 3.8) is 0 Å². The maximum absolute atomic E-state index is 12.5. The van der Waals surface area contributed by atoms with E-state index in [9.17, 15) is 9.59 Å². The van der Waals surface area contributed by atoms with Gasteiger partial charge in [-0.2, -0.15) is 10.1 Å². The van der Waals surface area contributed by atoms with E-state index in [1.54, 1.807) is 25.4 Å². The van der Waals surface area contributed by atoms with Gasteiger partial charge in [-0.05, 0) is 18.2 Å². The minimum Gasteiger partial charge on any atom is -0.364 e. The Morgan fingerprint density at radius 3 is 2.83 bits per heavy atom. The Kier molecular flexibility index (Phi) is 3.55. The van der Waals surface area contributed by atoms with Gasteiger partial charge in [-0.25, -0.2) is 4.57 Å². The Hall–Kier alpha value is -3.56. The van der Waals surface area contributed by atoms with Crippen LogP contribution in [0.15, 0.2) is 41.7 Å². The van der Waals surface area contributed by atoms with Crippen LogP contribution in [0, 0.1) is 0 Å². The molecule has 0 bridgehead atoms. The molecular formula is C13H12N8O2. The standard InChI is InChI=1S/C13H12N8O2/c1-20-7-15-13(19-20)21-6-2-3-9(12(21)23)17-8-4-5-16-18-10(8)11(14)22/h2-7H,1H3,(H2,14,22)(H,16,17). The molecule has 3 aromatic heterocycles. The zero-order valence-electron chi connectivity index (χ0n) is 12.0. The fraction of sp³-hybridized carbons (Fsp3) is 0.0769. The predicted molar refractivity (Wildman–Crippen MR) is 80.4 cm³/mol. The van der Waals surface area contributed by atoms with Crippen molar-refractivity contribution in [3.05, 3.63) is 53.0 Å². The smallest absolute Gasteiger partial charge is 0.281 e. The zero-order chi connectivity index (χ0) is 16.4. The zero-order valence-corrected chi connectivity index (χ0v) is 12.0. The van der Waals surface area contributed by atoms with Crippen molar-refractivity contribution in [2.24, 2.45) is 12.8 Å². The fourth-order valence-electron chi connectivity index (χ4n) is 1.94. The first-order valence-corrected chi connectivity index (χ1v) is 6.52. The van der Waals surface area contributed by atoms with Crippen LogP contribution in [0.5, 0.6) is 0 Å². The van der Waals surface area contributed by atoms with Crippen LogP contribution in [0.1, 0.15) is 10.5 Å². The molecule has 1 amide bonds. The average molecular weight is 312 g/mol. The second kappa shape index (κ2) is 5.67. The Labute approximate surface area is 129 Å². The fourth-order valence-corrected chi connectivity index (χ4v) is 1.94. The first-order valence-electron chi connectivity index (χ1n) is 6.52. The van der Waals surface area contributed by atoms with E-state index in [-0.39, 0.29) is 28.6 Å². The molecule has 3 heterocycles. The van der Waals surface area contributed by atoms with E-state index in [1.165, 1.54) is 27.8 Å². The Morgan fingerprint density at radius 2 is 2.13 bits per heavy atom. The summed E-state index contributed by atoms with van der Waals surface area (Å²) in [6, 6.07) is 4.72. The second-order valence-corrected chi connectivity index (χ2v) is 4.60. The minimum absolute atomic E-state index is 0.0572. The highest BCUT2D eigenvalue weighted by atomic mass is 16.1. The number of primary amides is 1. The number of rotatable bonds is 4. The molecular weight excluding hydrogens is 300 g/mol. The molecule has 0 radical (unpaired) electrons. The number of nitrogens with two attached hydrogens (primary N) is 1. The largest absolute Gasteiger partial charge is 0.364 e. The van der Waals surface area contributed by atoms with Gasteiger partial charge in [0.15, 0.2) is 5.69 Å². The highest BCUT2D eigenvalue weighted by molar-refractivity contribution is 5.96. The lowest BCUT2D eigenvalue weighted by atomic mass is 10.3. The number of aryl methyl sites for hydroxylation is 1. The lowest BCUT2D eigenvalue weighted by molar-refractivity contribution is 0.0995. The maximum Gasteiger partial charge on any atom is 0.281 e. The van der Waals surface area contributed by atoms with Crippen LogP contribution in [0.3, 0.4) is 0 Å². The van der Waals surface area contributed by atoms with Gasteiger partial charge in [0.1, 0.15) is 12.0 Å². The Morgan fingerprint density at radius 1 is 1.30 bits per heavy atom. The lowest BCUT2D eigenvalue weighted by Crippen LogP contribution is -2.22. The normalized spacial score (nSPS) is 10.5. The van der Waals surface area contributed by atoms with Crippen LogP contribution < -0.4 is 16.6 Å². The second-order valence-electron chi connectivity index (χ2n) is 4.60. The molecule has 0 saturated heterocycles. The summed E-state index contributed by atoms with van der Waals surface area (Å²) in [5, 5.41) is 14.2. The number of aromatic nitrogens is 6. The number of anilines is 2. The van der Waals surface area contributed by atoms with E-state index in [4.69, 9.17) is 5.73 Å². The van der Waals surface area contributed by atoms with Crippen LogP contribution in [0.25, 0.3) is 5.95 Å².